The standard InChI is InChI=1S/C33H38O14/c34-14-43-10-33(11-44-15-47-27-21-6-5-20(9-21)26(27)30(39)40,12-45-31(41)24-18-3-1-16(7-18)22(24)28(35)36)13-46-32(42)25-19-4-2-17(8-19)23(25)29(37)38/h1-6,14,16-27H,7-13,15H2,(H,35,36)(H,37,38)(H,39,40). The van der Waals surface area contributed by atoms with E-state index in [2.05, 4.69) is 0 Å². The highest BCUT2D eigenvalue weighted by Crippen LogP contribution is 2.50. The van der Waals surface area contributed by atoms with E-state index in [0.717, 1.165) is 0 Å². The second-order valence-corrected chi connectivity index (χ2v) is 13.7. The highest BCUT2D eigenvalue weighted by atomic mass is 16.7. The smallest absolute Gasteiger partial charge is 0.310 e. The molecule has 0 radical (unpaired) electrons. The summed E-state index contributed by atoms with van der Waals surface area (Å²) in [4.78, 5) is 73.9. The first kappa shape index (κ1) is 32.9. The second kappa shape index (κ2) is 13.2. The SMILES string of the molecule is O=COCC(COCOC1C2C=CC(C2)C1C(=O)O)(COC(=O)C1C2C=CC(C2)C1C(=O)O)COC(=O)C1C2C=CC(C2)C1C(=O)O. The number of allylic oxidation sites excluding steroid dienone is 5. The maximum atomic E-state index is 13.4. The maximum absolute atomic E-state index is 13.4. The Labute approximate surface area is 269 Å². The van der Waals surface area contributed by atoms with Crippen LogP contribution in [0.4, 0.5) is 0 Å². The molecule has 6 rings (SSSR count). The Morgan fingerprint density at radius 3 is 1.49 bits per heavy atom. The van der Waals surface area contributed by atoms with Crippen LogP contribution in [0, 0.1) is 70.5 Å². The van der Waals surface area contributed by atoms with Gasteiger partial charge in [-0.15, -0.1) is 0 Å². The van der Waals surface area contributed by atoms with Crippen LogP contribution in [0.2, 0.25) is 0 Å². The van der Waals surface area contributed by atoms with Gasteiger partial charge in [-0.3, -0.25) is 28.8 Å². The van der Waals surface area contributed by atoms with Crippen molar-refractivity contribution in [3.8, 4) is 0 Å². The Balaban J connectivity index is 1.16. The fraction of sp³-hybridized carbons (Fsp3) is 0.636. The van der Waals surface area contributed by atoms with Crippen LogP contribution in [0.1, 0.15) is 19.3 Å². The molecule has 0 saturated heterocycles. The number of ether oxygens (including phenoxy) is 5. The lowest BCUT2D eigenvalue weighted by atomic mass is 9.83. The summed E-state index contributed by atoms with van der Waals surface area (Å²) in [5.74, 6) is -10.7. The average Bonchev–Trinajstić information content (AvgIpc) is 3.90. The molecule has 14 nitrogen and oxygen atoms in total. The predicted molar refractivity (Wildman–Crippen MR) is 155 cm³/mol. The highest BCUT2D eigenvalue weighted by Gasteiger charge is 2.55. The van der Waals surface area contributed by atoms with Crippen molar-refractivity contribution in [3.05, 3.63) is 36.5 Å². The molecule has 12 atom stereocenters. The van der Waals surface area contributed by atoms with Crippen molar-refractivity contribution in [1.29, 1.82) is 0 Å². The molecule has 0 aromatic carbocycles. The molecule has 0 aromatic rings. The number of carbonyl (C=O) groups excluding carboxylic acids is 3. The van der Waals surface area contributed by atoms with Crippen molar-refractivity contribution in [1.82, 2.24) is 0 Å². The Bertz CT molecular complexity index is 1320. The molecule has 3 fully saturated rings. The molecule has 14 heteroatoms. The van der Waals surface area contributed by atoms with Gasteiger partial charge in [-0.2, -0.15) is 0 Å². The van der Waals surface area contributed by atoms with Gasteiger partial charge in [0.1, 0.15) is 26.6 Å². The van der Waals surface area contributed by atoms with E-state index in [1.54, 1.807) is 24.3 Å². The first-order valence-electron chi connectivity index (χ1n) is 15.8. The van der Waals surface area contributed by atoms with Gasteiger partial charge in [0.25, 0.3) is 6.47 Å². The van der Waals surface area contributed by atoms with E-state index in [1.807, 2.05) is 12.2 Å². The number of carboxylic acids is 3. The molecule has 0 aromatic heterocycles. The van der Waals surface area contributed by atoms with Crippen LogP contribution in [-0.4, -0.2) is 91.0 Å². The molecule has 0 aliphatic heterocycles. The fourth-order valence-corrected chi connectivity index (χ4v) is 8.77. The second-order valence-electron chi connectivity index (χ2n) is 13.7. The Hall–Kier alpha value is -4.04. The summed E-state index contributed by atoms with van der Waals surface area (Å²) in [6.07, 6.45) is 12.0. The highest BCUT2D eigenvalue weighted by molar-refractivity contribution is 5.84. The van der Waals surface area contributed by atoms with E-state index < -0.39 is 90.8 Å². The molecule has 6 bridgehead atoms. The normalized spacial score (nSPS) is 38.0. The van der Waals surface area contributed by atoms with Crippen LogP contribution in [-0.2, 0) is 52.5 Å². The third kappa shape index (κ3) is 6.20. The van der Waals surface area contributed by atoms with Crippen molar-refractivity contribution in [2.24, 2.45) is 70.5 Å². The van der Waals surface area contributed by atoms with Gasteiger partial charge in [0.2, 0.25) is 0 Å². The lowest BCUT2D eigenvalue weighted by Crippen LogP contribution is -2.45. The van der Waals surface area contributed by atoms with Crippen LogP contribution < -0.4 is 0 Å². The van der Waals surface area contributed by atoms with Gasteiger partial charge in [-0.1, -0.05) is 36.5 Å². The molecule has 254 valence electrons. The number of hydrogen-bond acceptors (Lipinski definition) is 11. The van der Waals surface area contributed by atoms with Gasteiger partial charge in [-0.25, -0.2) is 0 Å². The first-order valence-corrected chi connectivity index (χ1v) is 15.8. The van der Waals surface area contributed by atoms with Crippen molar-refractivity contribution in [3.63, 3.8) is 0 Å². The zero-order valence-corrected chi connectivity index (χ0v) is 25.5. The number of esters is 2. The quantitative estimate of drug-likeness (QED) is 0.0506. The van der Waals surface area contributed by atoms with E-state index in [9.17, 15) is 44.1 Å². The Kier molecular flexibility index (Phi) is 9.25. The monoisotopic (exact) mass is 658 g/mol. The van der Waals surface area contributed by atoms with E-state index in [1.165, 1.54) is 0 Å². The summed E-state index contributed by atoms with van der Waals surface area (Å²) in [6, 6.07) is 0. The summed E-state index contributed by atoms with van der Waals surface area (Å²) < 4.78 is 28.1. The average molecular weight is 659 g/mol. The topological polar surface area (TPSA) is 209 Å². The van der Waals surface area contributed by atoms with E-state index in [0.29, 0.717) is 19.3 Å². The molecule has 0 spiro atoms. The van der Waals surface area contributed by atoms with Gasteiger partial charge in [0.05, 0.1) is 47.7 Å². The van der Waals surface area contributed by atoms with Gasteiger partial charge in [0.15, 0.2) is 0 Å². The van der Waals surface area contributed by atoms with E-state index in [4.69, 9.17) is 23.7 Å². The number of fused-ring (bicyclic) bond motifs is 6. The number of carboxylic acid groups (broad SMARTS) is 3. The molecule has 6 aliphatic carbocycles. The lowest BCUT2D eigenvalue weighted by Gasteiger charge is -2.34. The van der Waals surface area contributed by atoms with Crippen molar-refractivity contribution >= 4 is 36.3 Å². The first-order chi connectivity index (χ1) is 22.5. The Morgan fingerprint density at radius 2 is 1.02 bits per heavy atom. The zero-order chi connectivity index (χ0) is 33.5. The number of carbonyl (C=O) groups is 6. The summed E-state index contributed by atoms with van der Waals surface area (Å²) >= 11 is 0. The third-order valence-electron chi connectivity index (χ3n) is 11.0. The molecule has 47 heavy (non-hydrogen) atoms. The van der Waals surface area contributed by atoms with Crippen molar-refractivity contribution in [2.75, 3.05) is 33.2 Å². The minimum Gasteiger partial charge on any atom is -0.481 e. The summed E-state index contributed by atoms with van der Waals surface area (Å²) in [6.45, 7) is -1.98. The summed E-state index contributed by atoms with van der Waals surface area (Å²) in [5, 5.41) is 29.3. The number of aliphatic carboxylic acids is 3. The minimum absolute atomic E-state index is 0.0919. The number of rotatable bonds is 17. The Morgan fingerprint density at radius 1 is 0.596 bits per heavy atom. The van der Waals surface area contributed by atoms with Crippen molar-refractivity contribution in [2.45, 2.75) is 25.4 Å². The molecule has 3 N–H and O–H groups in total. The van der Waals surface area contributed by atoms with Crippen LogP contribution in [0.15, 0.2) is 36.5 Å². The third-order valence-corrected chi connectivity index (χ3v) is 11.0. The maximum Gasteiger partial charge on any atom is 0.310 e. The van der Waals surface area contributed by atoms with Crippen molar-refractivity contribution < 1.29 is 67.8 Å². The molecular weight excluding hydrogens is 620 g/mol. The lowest BCUT2D eigenvalue weighted by molar-refractivity contribution is -0.182. The molecule has 0 heterocycles. The minimum atomic E-state index is -1.49. The van der Waals surface area contributed by atoms with Crippen LogP contribution in [0.25, 0.3) is 0 Å². The van der Waals surface area contributed by atoms with Gasteiger partial charge >= 0.3 is 29.8 Å². The molecule has 12 unspecified atom stereocenters. The summed E-state index contributed by atoms with van der Waals surface area (Å²) in [5.41, 5.74) is -1.49. The largest absolute Gasteiger partial charge is 0.481 e. The predicted octanol–water partition coefficient (Wildman–Crippen LogP) is 1.54. The fourth-order valence-electron chi connectivity index (χ4n) is 8.77. The van der Waals surface area contributed by atoms with Crippen LogP contribution in [0.3, 0.4) is 0 Å². The van der Waals surface area contributed by atoms with Gasteiger partial charge < -0.3 is 39.0 Å². The zero-order valence-electron chi connectivity index (χ0n) is 25.5. The molecular formula is C33H38O14. The summed E-state index contributed by atoms with van der Waals surface area (Å²) in [7, 11) is 0. The van der Waals surface area contributed by atoms with Crippen LogP contribution >= 0.6 is 0 Å². The van der Waals surface area contributed by atoms with E-state index in [-0.39, 0.29) is 55.4 Å². The molecule has 6 aliphatic rings. The van der Waals surface area contributed by atoms with Gasteiger partial charge in [-0.05, 0) is 48.9 Å². The van der Waals surface area contributed by atoms with E-state index >= 15 is 0 Å². The number of hydrogen-bond donors (Lipinski definition) is 3. The molecule has 3 saturated carbocycles. The van der Waals surface area contributed by atoms with Gasteiger partial charge in [0, 0.05) is 5.92 Å². The van der Waals surface area contributed by atoms with Crippen LogP contribution in [0.5, 0.6) is 0 Å². The molecule has 0 amide bonds.